The second-order valence-corrected chi connectivity index (χ2v) is 5.88. The number of ether oxygens (including phenoxy) is 1. The van der Waals surface area contributed by atoms with Crippen LogP contribution in [0.2, 0.25) is 0 Å². The van der Waals surface area contributed by atoms with Crippen LogP contribution in [-0.2, 0) is 4.74 Å². The zero-order valence-electron chi connectivity index (χ0n) is 10.8. The van der Waals surface area contributed by atoms with E-state index >= 15 is 0 Å². The highest BCUT2D eigenvalue weighted by Crippen LogP contribution is 2.51. The molecule has 94 valence electrons. The molecule has 1 aliphatic heterocycles. The monoisotopic (exact) mass is 235 g/mol. The fourth-order valence-electron chi connectivity index (χ4n) is 3.13. The lowest BCUT2D eigenvalue weighted by Gasteiger charge is -2.52. The van der Waals surface area contributed by atoms with Gasteiger partial charge in [0.2, 0.25) is 0 Å². The van der Waals surface area contributed by atoms with Crippen molar-refractivity contribution in [2.24, 2.45) is 5.41 Å². The van der Waals surface area contributed by atoms with Gasteiger partial charge in [0.15, 0.2) is 0 Å². The van der Waals surface area contributed by atoms with Gasteiger partial charge in [-0.05, 0) is 6.42 Å². The number of nitrogens with one attached hydrogen (secondary N) is 1. The summed E-state index contributed by atoms with van der Waals surface area (Å²) in [6.45, 7) is 6.76. The third-order valence-electron chi connectivity index (χ3n) is 4.64. The fourth-order valence-corrected chi connectivity index (χ4v) is 3.13. The Hall–Kier alpha value is -0.870. The molecule has 1 aliphatic carbocycles. The third-order valence-corrected chi connectivity index (χ3v) is 4.64. The second kappa shape index (κ2) is 3.82. The Balaban J connectivity index is 1.83. The van der Waals surface area contributed by atoms with Crippen LogP contribution >= 0.6 is 0 Å². The Morgan fingerprint density at radius 2 is 2.24 bits per heavy atom. The maximum atomic E-state index is 5.52. The van der Waals surface area contributed by atoms with E-state index in [1.54, 1.807) is 0 Å². The van der Waals surface area contributed by atoms with Crippen molar-refractivity contribution >= 4 is 0 Å². The molecule has 2 atom stereocenters. The molecule has 0 spiro atoms. The fraction of sp³-hybridized carbons (Fsp3) is 0.769. The highest BCUT2D eigenvalue weighted by Gasteiger charge is 2.50. The zero-order chi connectivity index (χ0) is 12.0. The van der Waals surface area contributed by atoms with Gasteiger partial charge in [-0.25, -0.2) is 4.98 Å². The summed E-state index contributed by atoms with van der Waals surface area (Å²) in [5, 5.41) is 3.33. The van der Waals surface area contributed by atoms with Crippen LogP contribution in [0.15, 0.2) is 12.5 Å². The van der Waals surface area contributed by atoms with E-state index in [9.17, 15) is 0 Å². The molecule has 4 heteroatoms. The molecule has 0 radical (unpaired) electrons. The second-order valence-electron chi connectivity index (χ2n) is 5.88. The molecule has 1 aromatic rings. The molecule has 2 aliphatic rings. The Morgan fingerprint density at radius 3 is 2.76 bits per heavy atom. The van der Waals surface area contributed by atoms with E-state index in [2.05, 4.69) is 28.7 Å². The van der Waals surface area contributed by atoms with Crippen molar-refractivity contribution in [1.29, 1.82) is 0 Å². The molecular formula is C13H21N3O. The Kier molecular flexibility index (Phi) is 2.52. The molecule has 2 heterocycles. The van der Waals surface area contributed by atoms with E-state index in [0.29, 0.717) is 18.1 Å². The minimum atomic E-state index is 0.210. The van der Waals surface area contributed by atoms with E-state index in [4.69, 9.17) is 4.74 Å². The van der Waals surface area contributed by atoms with Gasteiger partial charge in [0, 0.05) is 49.5 Å². The molecule has 0 bridgehead atoms. The lowest BCUT2D eigenvalue weighted by molar-refractivity contribution is -0.113. The molecule has 17 heavy (non-hydrogen) atoms. The molecule has 4 nitrogen and oxygen atoms in total. The summed E-state index contributed by atoms with van der Waals surface area (Å²) in [4.78, 5) is 4.34. The SMILES string of the molecule is COC1CC(n2cncc2C2CNC2)C1(C)C. The standard InChI is InChI=1S/C13H21N3O/c1-13(2)11(4-12(13)17-3)16-8-15-7-10(16)9-5-14-6-9/h7-9,11-12,14H,4-6H2,1-3H3. The summed E-state index contributed by atoms with van der Waals surface area (Å²) in [7, 11) is 1.81. The number of methoxy groups -OCH3 is 1. The first-order valence-electron chi connectivity index (χ1n) is 6.40. The third kappa shape index (κ3) is 1.54. The van der Waals surface area contributed by atoms with E-state index < -0.39 is 0 Å². The zero-order valence-corrected chi connectivity index (χ0v) is 10.8. The average Bonchev–Trinajstić information content (AvgIpc) is 2.63. The van der Waals surface area contributed by atoms with Gasteiger partial charge in [0.25, 0.3) is 0 Å². The predicted octanol–water partition coefficient (Wildman–Crippen LogP) is 1.56. The van der Waals surface area contributed by atoms with Crippen LogP contribution < -0.4 is 5.32 Å². The van der Waals surface area contributed by atoms with E-state index in [-0.39, 0.29) is 5.41 Å². The maximum absolute atomic E-state index is 5.52. The van der Waals surface area contributed by atoms with Crippen molar-refractivity contribution in [1.82, 2.24) is 14.9 Å². The highest BCUT2D eigenvalue weighted by molar-refractivity contribution is 5.16. The lowest BCUT2D eigenvalue weighted by atomic mass is 9.64. The summed E-state index contributed by atoms with van der Waals surface area (Å²) in [6, 6.07) is 0.533. The molecule has 0 amide bonds. The van der Waals surface area contributed by atoms with Crippen molar-refractivity contribution in [3.8, 4) is 0 Å². The number of nitrogens with zero attached hydrogens (tertiary/aromatic N) is 2. The van der Waals surface area contributed by atoms with E-state index in [1.165, 1.54) is 5.69 Å². The Morgan fingerprint density at radius 1 is 1.47 bits per heavy atom. The predicted molar refractivity (Wildman–Crippen MR) is 66.1 cm³/mol. The van der Waals surface area contributed by atoms with Gasteiger partial charge in [-0.15, -0.1) is 0 Å². The first kappa shape index (κ1) is 11.2. The van der Waals surface area contributed by atoms with Crippen molar-refractivity contribution in [2.75, 3.05) is 20.2 Å². The van der Waals surface area contributed by atoms with E-state index in [1.807, 2.05) is 19.6 Å². The highest BCUT2D eigenvalue weighted by atomic mass is 16.5. The van der Waals surface area contributed by atoms with Crippen molar-refractivity contribution in [3.63, 3.8) is 0 Å². The van der Waals surface area contributed by atoms with Crippen LogP contribution in [0.1, 0.15) is 37.9 Å². The number of hydrogen-bond acceptors (Lipinski definition) is 3. The van der Waals surface area contributed by atoms with Crippen LogP contribution in [0.3, 0.4) is 0 Å². The van der Waals surface area contributed by atoms with Gasteiger partial charge in [-0.1, -0.05) is 13.8 Å². The van der Waals surface area contributed by atoms with Crippen LogP contribution in [0.25, 0.3) is 0 Å². The lowest BCUT2D eigenvalue weighted by Crippen LogP contribution is -2.52. The quantitative estimate of drug-likeness (QED) is 0.864. The summed E-state index contributed by atoms with van der Waals surface area (Å²) in [5.74, 6) is 0.648. The summed E-state index contributed by atoms with van der Waals surface area (Å²) < 4.78 is 7.90. The largest absolute Gasteiger partial charge is 0.381 e. The van der Waals surface area contributed by atoms with Crippen molar-refractivity contribution in [3.05, 3.63) is 18.2 Å². The molecule has 3 rings (SSSR count). The molecular weight excluding hydrogens is 214 g/mol. The van der Waals surface area contributed by atoms with Crippen LogP contribution in [0, 0.1) is 5.41 Å². The maximum Gasteiger partial charge on any atom is 0.0951 e. The van der Waals surface area contributed by atoms with E-state index in [0.717, 1.165) is 19.5 Å². The van der Waals surface area contributed by atoms with Gasteiger partial charge in [-0.2, -0.15) is 0 Å². The first-order valence-corrected chi connectivity index (χ1v) is 6.40. The Labute approximate surface area is 102 Å². The van der Waals surface area contributed by atoms with Crippen molar-refractivity contribution in [2.45, 2.75) is 38.3 Å². The molecule has 1 saturated carbocycles. The molecule has 1 saturated heterocycles. The first-order chi connectivity index (χ1) is 8.14. The molecule has 2 fully saturated rings. The average molecular weight is 235 g/mol. The molecule has 0 aromatic carbocycles. The summed E-state index contributed by atoms with van der Waals surface area (Å²) in [5.41, 5.74) is 1.60. The number of aromatic nitrogens is 2. The van der Waals surface area contributed by atoms with Crippen LogP contribution in [0.5, 0.6) is 0 Å². The van der Waals surface area contributed by atoms with Gasteiger partial charge in [0.05, 0.1) is 12.4 Å². The number of imidazole rings is 1. The summed E-state index contributed by atoms with van der Waals surface area (Å²) in [6.07, 6.45) is 5.50. The minimum Gasteiger partial charge on any atom is -0.381 e. The Bertz CT molecular complexity index is 409. The van der Waals surface area contributed by atoms with Gasteiger partial charge < -0.3 is 14.6 Å². The van der Waals surface area contributed by atoms with Gasteiger partial charge >= 0.3 is 0 Å². The van der Waals surface area contributed by atoms with Crippen molar-refractivity contribution < 1.29 is 4.74 Å². The van der Waals surface area contributed by atoms with Crippen LogP contribution in [-0.4, -0.2) is 35.9 Å². The number of hydrogen-bond donors (Lipinski definition) is 1. The van der Waals surface area contributed by atoms with Gasteiger partial charge in [-0.3, -0.25) is 0 Å². The molecule has 1 aromatic heterocycles. The minimum absolute atomic E-state index is 0.210. The normalized spacial score (nSPS) is 31.9. The molecule has 1 N–H and O–H groups in total. The molecule has 2 unspecified atom stereocenters. The summed E-state index contributed by atoms with van der Waals surface area (Å²) >= 11 is 0. The topological polar surface area (TPSA) is 39.1 Å². The smallest absolute Gasteiger partial charge is 0.0951 e. The van der Waals surface area contributed by atoms with Gasteiger partial charge in [0.1, 0.15) is 0 Å². The number of rotatable bonds is 3. The van der Waals surface area contributed by atoms with Crippen LogP contribution in [0.4, 0.5) is 0 Å².